The van der Waals surface area contributed by atoms with Crippen molar-refractivity contribution >= 4 is 24.4 Å². The van der Waals surface area contributed by atoms with Gasteiger partial charge in [-0.2, -0.15) is 12.6 Å². The first kappa shape index (κ1) is 22.2. The van der Waals surface area contributed by atoms with E-state index in [1.807, 2.05) is 20.8 Å². The fourth-order valence-corrected chi connectivity index (χ4v) is 1.81. The Morgan fingerprint density at radius 1 is 1.13 bits per heavy atom. The summed E-state index contributed by atoms with van der Waals surface area (Å²) in [6, 6.07) is 0. The quantitative estimate of drug-likeness (QED) is 0.347. The lowest BCUT2D eigenvalue weighted by Gasteiger charge is -2.17. The van der Waals surface area contributed by atoms with E-state index in [1.165, 1.54) is 0 Å². The molecule has 0 aromatic heterocycles. The molecule has 0 aliphatic carbocycles. The molecule has 0 aromatic rings. The summed E-state index contributed by atoms with van der Waals surface area (Å²) in [5.74, 6) is -0.0520. The van der Waals surface area contributed by atoms with Crippen molar-refractivity contribution in [3.05, 3.63) is 0 Å². The molecule has 23 heavy (non-hydrogen) atoms. The predicted molar refractivity (Wildman–Crippen MR) is 94.8 cm³/mol. The number of rotatable bonds is 13. The van der Waals surface area contributed by atoms with Crippen LogP contribution in [0.1, 0.15) is 40.5 Å². The van der Waals surface area contributed by atoms with Crippen LogP contribution in [0, 0.1) is 5.92 Å². The molecule has 0 saturated heterocycles. The van der Waals surface area contributed by atoms with E-state index in [-0.39, 0.29) is 29.1 Å². The van der Waals surface area contributed by atoms with Gasteiger partial charge in [0, 0.05) is 23.8 Å². The van der Waals surface area contributed by atoms with Crippen LogP contribution in [0.3, 0.4) is 0 Å². The average molecular weight is 349 g/mol. The first-order valence-corrected chi connectivity index (χ1v) is 8.63. The van der Waals surface area contributed by atoms with E-state index < -0.39 is 0 Å². The van der Waals surface area contributed by atoms with Crippen LogP contribution in [0.2, 0.25) is 0 Å². The average Bonchev–Trinajstić information content (AvgIpc) is 2.47. The Kier molecular flexibility index (Phi) is 12.2. The zero-order chi connectivity index (χ0) is 17.7. The van der Waals surface area contributed by atoms with E-state index >= 15 is 0 Å². The second-order valence-corrected chi connectivity index (χ2v) is 7.45. The van der Waals surface area contributed by atoms with Crippen LogP contribution < -0.4 is 10.6 Å². The molecule has 7 heteroatoms. The number of ether oxygens (including phenoxy) is 2. The van der Waals surface area contributed by atoms with Gasteiger partial charge in [-0.15, -0.1) is 0 Å². The second-order valence-electron chi connectivity index (χ2n) is 6.23. The van der Waals surface area contributed by atoms with Crippen molar-refractivity contribution in [1.29, 1.82) is 0 Å². The number of thiol groups is 1. The molecule has 0 aliphatic rings. The molecule has 0 heterocycles. The molecule has 6 nitrogen and oxygen atoms in total. The Morgan fingerprint density at radius 2 is 1.78 bits per heavy atom. The third-order valence-corrected chi connectivity index (χ3v) is 3.20. The highest BCUT2D eigenvalue weighted by molar-refractivity contribution is 7.81. The van der Waals surface area contributed by atoms with E-state index in [0.29, 0.717) is 32.9 Å². The topological polar surface area (TPSA) is 76.7 Å². The fourth-order valence-electron chi connectivity index (χ4n) is 1.74. The third kappa shape index (κ3) is 14.5. The predicted octanol–water partition coefficient (Wildman–Crippen LogP) is 1.40. The van der Waals surface area contributed by atoms with Crippen molar-refractivity contribution in [2.24, 2.45) is 5.92 Å². The Bertz CT molecular complexity index is 345. The van der Waals surface area contributed by atoms with Crippen molar-refractivity contribution in [2.45, 2.75) is 45.3 Å². The lowest BCUT2D eigenvalue weighted by Crippen LogP contribution is -2.37. The standard InChI is InChI=1S/C16H32N2O4S/c1-5-6-13(2)15(20)17-7-8-21-9-10-22-11-14(19)18-12-16(3,4)23/h13,23H,5-12H2,1-4H3,(H,17,20)(H,18,19). The van der Waals surface area contributed by atoms with Crippen LogP contribution >= 0.6 is 12.6 Å². The van der Waals surface area contributed by atoms with Crippen LogP contribution in [0.25, 0.3) is 0 Å². The monoisotopic (exact) mass is 348 g/mol. The molecular weight excluding hydrogens is 316 g/mol. The summed E-state index contributed by atoms with van der Waals surface area (Å²) in [5, 5.41) is 5.57. The summed E-state index contributed by atoms with van der Waals surface area (Å²) < 4.78 is 10.3. The van der Waals surface area contributed by atoms with Gasteiger partial charge < -0.3 is 20.1 Å². The number of carbonyl (C=O) groups is 2. The maximum Gasteiger partial charge on any atom is 0.246 e. The minimum absolute atomic E-state index is 0.0124. The van der Waals surface area contributed by atoms with E-state index in [2.05, 4.69) is 30.2 Å². The van der Waals surface area contributed by atoms with Gasteiger partial charge in [0.2, 0.25) is 11.8 Å². The minimum atomic E-state index is -0.238. The number of hydrogen-bond acceptors (Lipinski definition) is 5. The Balaban J connectivity index is 3.43. The zero-order valence-corrected chi connectivity index (χ0v) is 15.7. The van der Waals surface area contributed by atoms with Gasteiger partial charge >= 0.3 is 0 Å². The van der Waals surface area contributed by atoms with Crippen LogP contribution in [0.5, 0.6) is 0 Å². The first-order valence-electron chi connectivity index (χ1n) is 8.18. The fraction of sp³-hybridized carbons (Fsp3) is 0.875. The second kappa shape index (κ2) is 12.6. The maximum atomic E-state index is 11.6. The molecular formula is C16H32N2O4S. The largest absolute Gasteiger partial charge is 0.377 e. The zero-order valence-electron chi connectivity index (χ0n) is 14.8. The SMILES string of the molecule is CCCC(C)C(=O)NCCOCCOCC(=O)NCC(C)(C)S. The van der Waals surface area contributed by atoms with E-state index in [1.54, 1.807) is 0 Å². The molecule has 136 valence electrons. The van der Waals surface area contributed by atoms with Crippen molar-refractivity contribution in [3.8, 4) is 0 Å². The number of amides is 2. The summed E-state index contributed by atoms with van der Waals surface area (Å²) in [7, 11) is 0. The van der Waals surface area contributed by atoms with E-state index in [4.69, 9.17) is 9.47 Å². The highest BCUT2D eigenvalue weighted by Crippen LogP contribution is 2.08. The van der Waals surface area contributed by atoms with Gasteiger partial charge in [0.15, 0.2) is 0 Å². The number of hydrogen-bond donors (Lipinski definition) is 3. The maximum absolute atomic E-state index is 11.6. The molecule has 2 amide bonds. The summed E-state index contributed by atoms with van der Waals surface area (Å²) in [6.45, 7) is 10.0. The van der Waals surface area contributed by atoms with Gasteiger partial charge in [0.1, 0.15) is 6.61 Å². The molecule has 0 saturated carbocycles. The van der Waals surface area contributed by atoms with Gasteiger partial charge in [-0.05, 0) is 20.3 Å². The molecule has 0 fully saturated rings. The van der Waals surface area contributed by atoms with Gasteiger partial charge in [0.25, 0.3) is 0 Å². The van der Waals surface area contributed by atoms with Crippen LogP contribution in [-0.4, -0.2) is 56.1 Å². The Hall–Kier alpha value is -0.790. The third-order valence-electron chi connectivity index (χ3n) is 3.04. The van der Waals surface area contributed by atoms with Crippen molar-refractivity contribution < 1.29 is 19.1 Å². The van der Waals surface area contributed by atoms with Gasteiger partial charge in [-0.1, -0.05) is 20.3 Å². The number of nitrogens with one attached hydrogen (secondary N) is 2. The van der Waals surface area contributed by atoms with E-state index in [0.717, 1.165) is 12.8 Å². The normalized spacial score (nSPS) is 12.7. The summed E-state index contributed by atoms with van der Waals surface area (Å²) in [6.07, 6.45) is 1.90. The smallest absolute Gasteiger partial charge is 0.246 e. The lowest BCUT2D eigenvalue weighted by atomic mass is 10.1. The minimum Gasteiger partial charge on any atom is -0.377 e. The summed E-state index contributed by atoms with van der Waals surface area (Å²) in [5.41, 5.74) is 0. The molecule has 0 spiro atoms. The number of carbonyl (C=O) groups excluding carboxylic acids is 2. The Morgan fingerprint density at radius 3 is 2.39 bits per heavy atom. The van der Waals surface area contributed by atoms with Gasteiger partial charge in [-0.25, -0.2) is 0 Å². The molecule has 1 atom stereocenters. The molecule has 0 bridgehead atoms. The summed E-state index contributed by atoms with van der Waals surface area (Å²) >= 11 is 4.32. The van der Waals surface area contributed by atoms with Crippen molar-refractivity contribution in [2.75, 3.05) is 39.5 Å². The Labute approximate surface area is 145 Å². The van der Waals surface area contributed by atoms with Crippen LogP contribution in [0.4, 0.5) is 0 Å². The summed E-state index contributed by atoms with van der Waals surface area (Å²) in [4.78, 5) is 23.1. The van der Waals surface area contributed by atoms with E-state index in [9.17, 15) is 9.59 Å². The highest BCUT2D eigenvalue weighted by atomic mass is 32.1. The van der Waals surface area contributed by atoms with Crippen LogP contribution in [-0.2, 0) is 19.1 Å². The molecule has 0 aromatic carbocycles. The van der Waals surface area contributed by atoms with Gasteiger partial charge in [-0.3, -0.25) is 9.59 Å². The van der Waals surface area contributed by atoms with Gasteiger partial charge in [0.05, 0.1) is 19.8 Å². The molecule has 1 unspecified atom stereocenters. The molecule has 0 radical (unpaired) electrons. The van der Waals surface area contributed by atoms with Crippen LogP contribution in [0.15, 0.2) is 0 Å². The molecule has 0 aliphatic heterocycles. The molecule has 2 N–H and O–H groups in total. The van der Waals surface area contributed by atoms with Crippen molar-refractivity contribution in [3.63, 3.8) is 0 Å². The molecule has 0 rings (SSSR count). The van der Waals surface area contributed by atoms with Crippen molar-refractivity contribution in [1.82, 2.24) is 10.6 Å². The first-order chi connectivity index (χ1) is 10.8. The highest BCUT2D eigenvalue weighted by Gasteiger charge is 2.12. The lowest BCUT2D eigenvalue weighted by molar-refractivity contribution is -0.127.